The molecule has 5 nitrogen and oxygen atoms in total. The van der Waals surface area contributed by atoms with Gasteiger partial charge in [-0.1, -0.05) is 12.1 Å². The second-order valence-electron chi connectivity index (χ2n) is 4.34. The number of aliphatic imine (C=N–C) groups is 1. The van der Waals surface area contributed by atoms with E-state index in [9.17, 15) is 4.79 Å². The molecule has 110 valence electrons. The molecule has 1 amide bonds. The van der Waals surface area contributed by atoms with Gasteiger partial charge in [-0.05, 0) is 17.7 Å². The molecular formula is C13H19IN4OS. The lowest BCUT2D eigenvalue weighted by Gasteiger charge is -2.27. The molecule has 20 heavy (non-hydrogen) atoms. The highest BCUT2D eigenvalue weighted by Crippen LogP contribution is 2.09. The number of carbonyl (C=O) groups excluding carboxylic acids is 1. The molecule has 0 bridgehead atoms. The molecule has 1 aliphatic heterocycles. The van der Waals surface area contributed by atoms with E-state index in [0.717, 1.165) is 30.2 Å². The molecule has 1 fully saturated rings. The summed E-state index contributed by atoms with van der Waals surface area (Å²) >= 11 is 1.94. The van der Waals surface area contributed by atoms with E-state index in [0.29, 0.717) is 18.1 Å². The third-order valence-electron chi connectivity index (χ3n) is 3.00. The third kappa shape index (κ3) is 4.86. The Morgan fingerprint density at radius 1 is 1.20 bits per heavy atom. The summed E-state index contributed by atoms with van der Waals surface area (Å²) in [5, 5.41) is 0. The van der Waals surface area contributed by atoms with Crippen LogP contribution in [0.15, 0.2) is 29.3 Å². The zero-order valence-electron chi connectivity index (χ0n) is 11.1. The van der Waals surface area contributed by atoms with Crippen molar-refractivity contribution in [2.24, 2.45) is 16.5 Å². The number of thioether (sulfide) groups is 1. The molecule has 7 heteroatoms. The van der Waals surface area contributed by atoms with Gasteiger partial charge in [-0.15, -0.1) is 24.0 Å². The van der Waals surface area contributed by atoms with E-state index in [-0.39, 0.29) is 24.0 Å². The number of rotatable bonds is 3. The van der Waals surface area contributed by atoms with Gasteiger partial charge >= 0.3 is 0 Å². The fraction of sp³-hybridized carbons (Fsp3) is 0.385. The summed E-state index contributed by atoms with van der Waals surface area (Å²) in [5.74, 6) is 2.38. The highest BCUT2D eigenvalue weighted by atomic mass is 127. The summed E-state index contributed by atoms with van der Waals surface area (Å²) < 4.78 is 0. The standard InChI is InChI=1S/C13H18N4OS.HI/c14-12(18)11-3-1-10(2-4-11)9-16-13(15)17-5-7-19-8-6-17;/h1-4H,5-9H2,(H2,14,18)(H2,15,16);1H. The van der Waals surface area contributed by atoms with Gasteiger partial charge in [0, 0.05) is 30.2 Å². The molecule has 1 aromatic carbocycles. The fourth-order valence-electron chi connectivity index (χ4n) is 1.84. The van der Waals surface area contributed by atoms with Crippen LogP contribution in [0, 0.1) is 0 Å². The largest absolute Gasteiger partial charge is 0.370 e. The monoisotopic (exact) mass is 406 g/mol. The number of benzene rings is 1. The highest BCUT2D eigenvalue weighted by molar-refractivity contribution is 14.0. The van der Waals surface area contributed by atoms with Crippen molar-refractivity contribution >= 4 is 47.6 Å². The van der Waals surface area contributed by atoms with E-state index in [4.69, 9.17) is 11.5 Å². The molecule has 0 unspecified atom stereocenters. The summed E-state index contributed by atoms with van der Waals surface area (Å²) in [4.78, 5) is 17.4. The molecule has 2 rings (SSSR count). The molecule has 1 saturated heterocycles. The number of nitrogens with two attached hydrogens (primary N) is 2. The Bertz CT molecular complexity index is 472. The second-order valence-corrected chi connectivity index (χ2v) is 5.56. The van der Waals surface area contributed by atoms with E-state index in [1.54, 1.807) is 12.1 Å². The molecule has 0 aliphatic carbocycles. The van der Waals surface area contributed by atoms with Crippen LogP contribution >= 0.6 is 35.7 Å². The summed E-state index contributed by atoms with van der Waals surface area (Å²) in [6.45, 7) is 2.44. The molecule has 1 aliphatic rings. The fourth-order valence-corrected chi connectivity index (χ4v) is 2.74. The number of primary amides is 1. The maximum Gasteiger partial charge on any atom is 0.248 e. The van der Waals surface area contributed by atoms with Crippen LogP contribution in [0.1, 0.15) is 15.9 Å². The van der Waals surface area contributed by atoms with Crippen molar-refractivity contribution in [2.75, 3.05) is 24.6 Å². The third-order valence-corrected chi connectivity index (χ3v) is 3.94. The van der Waals surface area contributed by atoms with E-state index in [1.807, 2.05) is 23.9 Å². The Hall–Kier alpha value is -0.960. The maximum absolute atomic E-state index is 11.0. The number of hydrogen-bond donors (Lipinski definition) is 2. The van der Waals surface area contributed by atoms with Crippen LogP contribution in [-0.4, -0.2) is 41.4 Å². The Morgan fingerprint density at radius 2 is 1.80 bits per heavy atom. The normalized spacial score (nSPS) is 15.6. The number of nitrogens with zero attached hydrogens (tertiary/aromatic N) is 2. The molecule has 0 atom stereocenters. The number of hydrogen-bond acceptors (Lipinski definition) is 3. The van der Waals surface area contributed by atoms with Crippen molar-refractivity contribution in [2.45, 2.75) is 6.54 Å². The molecule has 1 heterocycles. The van der Waals surface area contributed by atoms with Gasteiger partial charge in [0.1, 0.15) is 0 Å². The number of halogens is 1. The zero-order valence-corrected chi connectivity index (χ0v) is 14.3. The first kappa shape index (κ1) is 17.1. The summed E-state index contributed by atoms with van der Waals surface area (Å²) in [6.07, 6.45) is 0. The van der Waals surface area contributed by atoms with Crippen molar-refractivity contribution in [3.8, 4) is 0 Å². The van der Waals surface area contributed by atoms with Crippen LogP contribution in [0.3, 0.4) is 0 Å². The number of amides is 1. The smallest absolute Gasteiger partial charge is 0.248 e. The Balaban J connectivity index is 0.00000200. The van der Waals surface area contributed by atoms with Gasteiger partial charge in [-0.25, -0.2) is 4.99 Å². The molecular weight excluding hydrogens is 387 g/mol. The topological polar surface area (TPSA) is 84.7 Å². The number of carbonyl (C=O) groups is 1. The van der Waals surface area contributed by atoms with E-state index >= 15 is 0 Å². The van der Waals surface area contributed by atoms with Gasteiger partial charge in [0.2, 0.25) is 5.91 Å². The summed E-state index contributed by atoms with van der Waals surface area (Å²) in [5.41, 5.74) is 12.7. The maximum atomic E-state index is 11.0. The highest BCUT2D eigenvalue weighted by Gasteiger charge is 2.11. The Kier molecular flexibility index (Phi) is 7.14. The van der Waals surface area contributed by atoms with Crippen molar-refractivity contribution < 1.29 is 4.79 Å². The van der Waals surface area contributed by atoms with Crippen LogP contribution in [-0.2, 0) is 6.54 Å². The average molecular weight is 406 g/mol. The van der Waals surface area contributed by atoms with Crippen molar-refractivity contribution in [1.29, 1.82) is 0 Å². The minimum atomic E-state index is -0.416. The van der Waals surface area contributed by atoms with Crippen molar-refractivity contribution in [1.82, 2.24) is 4.90 Å². The van der Waals surface area contributed by atoms with Crippen LogP contribution in [0.2, 0.25) is 0 Å². The van der Waals surface area contributed by atoms with Gasteiger partial charge in [0.25, 0.3) is 0 Å². The molecule has 0 saturated carbocycles. The predicted molar refractivity (Wildman–Crippen MR) is 94.6 cm³/mol. The average Bonchev–Trinajstić information content (AvgIpc) is 2.46. The van der Waals surface area contributed by atoms with E-state index < -0.39 is 5.91 Å². The van der Waals surface area contributed by atoms with Gasteiger partial charge in [-0.2, -0.15) is 11.8 Å². The van der Waals surface area contributed by atoms with Gasteiger partial charge in [-0.3, -0.25) is 4.79 Å². The number of guanidine groups is 1. The van der Waals surface area contributed by atoms with Gasteiger partial charge < -0.3 is 16.4 Å². The predicted octanol–water partition coefficient (Wildman–Crippen LogP) is 1.27. The van der Waals surface area contributed by atoms with Gasteiger partial charge in [0.05, 0.1) is 6.54 Å². The molecule has 1 aromatic rings. The first-order valence-corrected chi connectivity index (χ1v) is 7.33. The molecule has 0 aromatic heterocycles. The van der Waals surface area contributed by atoms with Gasteiger partial charge in [0.15, 0.2) is 5.96 Å². The minimum absolute atomic E-state index is 0. The summed E-state index contributed by atoms with van der Waals surface area (Å²) in [7, 11) is 0. The van der Waals surface area contributed by atoms with Crippen molar-refractivity contribution in [3.63, 3.8) is 0 Å². The van der Waals surface area contributed by atoms with Crippen LogP contribution < -0.4 is 11.5 Å². The Morgan fingerprint density at radius 3 is 2.35 bits per heavy atom. The van der Waals surface area contributed by atoms with E-state index in [2.05, 4.69) is 9.89 Å². The minimum Gasteiger partial charge on any atom is -0.370 e. The quantitative estimate of drug-likeness (QED) is 0.450. The first-order valence-electron chi connectivity index (χ1n) is 6.18. The van der Waals surface area contributed by atoms with E-state index in [1.165, 1.54) is 0 Å². The lowest BCUT2D eigenvalue weighted by atomic mass is 10.1. The van der Waals surface area contributed by atoms with Crippen LogP contribution in [0.5, 0.6) is 0 Å². The second kappa shape index (κ2) is 8.35. The lowest BCUT2D eigenvalue weighted by Crippen LogP contribution is -2.42. The lowest BCUT2D eigenvalue weighted by molar-refractivity contribution is 0.100. The molecule has 0 spiro atoms. The SMILES string of the molecule is I.NC(=O)c1ccc(CN=C(N)N2CCSCC2)cc1. The van der Waals surface area contributed by atoms with Crippen molar-refractivity contribution in [3.05, 3.63) is 35.4 Å². The summed E-state index contributed by atoms with van der Waals surface area (Å²) in [6, 6.07) is 7.12. The zero-order chi connectivity index (χ0) is 13.7. The molecule has 4 N–H and O–H groups in total. The Labute approximate surface area is 140 Å². The van der Waals surface area contributed by atoms with Crippen LogP contribution in [0.25, 0.3) is 0 Å². The molecule has 0 radical (unpaired) electrons. The van der Waals surface area contributed by atoms with Crippen LogP contribution in [0.4, 0.5) is 0 Å². The first-order chi connectivity index (χ1) is 9.16.